The zero-order chi connectivity index (χ0) is 13.2. The van der Waals surface area contributed by atoms with E-state index in [9.17, 15) is 4.79 Å². The van der Waals surface area contributed by atoms with Crippen LogP contribution in [0.2, 0.25) is 0 Å². The number of unbranched alkanes of at least 4 members (excludes halogenated alkanes) is 3. The molecule has 0 amide bonds. The first-order chi connectivity index (χ1) is 8.77. The van der Waals surface area contributed by atoms with Crippen molar-refractivity contribution >= 4 is 5.78 Å². The Bertz CT molecular complexity index is 341. The molecular weight excluding hydrogens is 224 g/mol. The van der Waals surface area contributed by atoms with Gasteiger partial charge in [0, 0.05) is 12.0 Å². The van der Waals surface area contributed by atoms with Gasteiger partial charge in [-0.1, -0.05) is 33.1 Å². The Kier molecular flexibility index (Phi) is 7.16. The number of carbonyl (C=O) groups excluding carboxylic acids is 1. The number of rotatable bonds is 9. The molecule has 2 heteroatoms. The SMILES string of the molecule is CCCCCOc1ccc(C(=O)CCCC)cc1. The molecule has 0 aliphatic heterocycles. The summed E-state index contributed by atoms with van der Waals surface area (Å²) in [7, 11) is 0. The summed E-state index contributed by atoms with van der Waals surface area (Å²) in [5.41, 5.74) is 0.796. The van der Waals surface area contributed by atoms with Crippen LogP contribution in [0.1, 0.15) is 62.7 Å². The molecule has 0 N–H and O–H groups in total. The van der Waals surface area contributed by atoms with Crippen LogP contribution in [0.25, 0.3) is 0 Å². The molecule has 0 aliphatic rings. The molecule has 100 valence electrons. The van der Waals surface area contributed by atoms with E-state index in [1.807, 2.05) is 24.3 Å². The van der Waals surface area contributed by atoms with Crippen molar-refractivity contribution in [2.75, 3.05) is 6.61 Å². The number of Topliss-reactive ketones (excluding diaryl/α,β-unsaturated/α-hetero) is 1. The van der Waals surface area contributed by atoms with Crippen molar-refractivity contribution in [1.29, 1.82) is 0 Å². The fourth-order valence-corrected chi connectivity index (χ4v) is 1.76. The highest BCUT2D eigenvalue weighted by Crippen LogP contribution is 2.15. The summed E-state index contributed by atoms with van der Waals surface area (Å²) in [5, 5.41) is 0. The Morgan fingerprint density at radius 1 is 1.00 bits per heavy atom. The van der Waals surface area contributed by atoms with Crippen molar-refractivity contribution in [2.45, 2.75) is 52.4 Å². The quantitative estimate of drug-likeness (QED) is 0.470. The van der Waals surface area contributed by atoms with Gasteiger partial charge in [-0.05, 0) is 37.1 Å². The summed E-state index contributed by atoms with van der Waals surface area (Å²) in [5.74, 6) is 1.09. The van der Waals surface area contributed by atoms with Gasteiger partial charge in [-0.3, -0.25) is 4.79 Å². The molecule has 0 saturated carbocycles. The fourth-order valence-electron chi connectivity index (χ4n) is 1.76. The lowest BCUT2D eigenvalue weighted by Crippen LogP contribution is -2.00. The van der Waals surface area contributed by atoms with Gasteiger partial charge in [0.25, 0.3) is 0 Å². The Morgan fingerprint density at radius 3 is 2.28 bits per heavy atom. The van der Waals surface area contributed by atoms with Crippen molar-refractivity contribution < 1.29 is 9.53 Å². The number of ketones is 1. The minimum atomic E-state index is 0.231. The molecule has 1 aromatic carbocycles. The summed E-state index contributed by atoms with van der Waals surface area (Å²) < 4.78 is 5.61. The van der Waals surface area contributed by atoms with Gasteiger partial charge in [-0.15, -0.1) is 0 Å². The normalized spacial score (nSPS) is 10.3. The van der Waals surface area contributed by atoms with Gasteiger partial charge < -0.3 is 4.74 Å². The first kappa shape index (κ1) is 14.7. The van der Waals surface area contributed by atoms with Crippen LogP contribution < -0.4 is 4.74 Å². The van der Waals surface area contributed by atoms with E-state index in [1.165, 1.54) is 12.8 Å². The molecule has 0 saturated heterocycles. The van der Waals surface area contributed by atoms with Crippen LogP contribution in [-0.2, 0) is 0 Å². The van der Waals surface area contributed by atoms with Gasteiger partial charge >= 0.3 is 0 Å². The predicted octanol–water partition coefficient (Wildman–Crippen LogP) is 4.63. The van der Waals surface area contributed by atoms with Crippen molar-refractivity contribution in [2.24, 2.45) is 0 Å². The lowest BCUT2D eigenvalue weighted by molar-refractivity contribution is 0.0979. The smallest absolute Gasteiger partial charge is 0.162 e. The summed E-state index contributed by atoms with van der Waals surface area (Å²) in [6, 6.07) is 7.52. The molecule has 0 spiro atoms. The first-order valence-electron chi connectivity index (χ1n) is 7.04. The molecule has 1 aromatic rings. The number of hydrogen-bond donors (Lipinski definition) is 0. The van der Waals surface area contributed by atoms with Gasteiger partial charge in [-0.25, -0.2) is 0 Å². The standard InChI is InChI=1S/C16H24O2/c1-3-5-7-13-18-15-11-9-14(10-12-15)16(17)8-6-4-2/h9-12H,3-8,13H2,1-2H3. The van der Waals surface area contributed by atoms with Crippen molar-refractivity contribution in [3.63, 3.8) is 0 Å². The van der Waals surface area contributed by atoms with E-state index in [0.29, 0.717) is 6.42 Å². The molecule has 0 bridgehead atoms. The van der Waals surface area contributed by atoms with Crippen LogP contribution in [0.5, 0.6) is 5.75 Å². The third-order valence-electron chi connectivity index (χ3n) is 2.95. The van der Waals surface area contributed by atoms with Crippen LogP contribution in [0.15, 0.2) is 24.3 Å². The first-order valence-corrected chi connectivity index (χ1v) is 7.04. The Hall–Kier alpha value is -1.31. The lowest BCUT2D eigenvalue weighted by Gasteiger charge is -2.06. The van der Waals surface area contributed by atoms with E-state index >= 15 is 0 Å². The molecule has 0 unspecified atom stereocenters. The van der Waals surface area contributed by atoms with Gasteiger partial charge in [0.15, 0.2) is 5.78 Å². The maximum atomic E-state index is 11.8. The van der Waals surface area contributed by atoms with E-state index in [2.05, 4.69) is 13.8 Å². The third kappa shape index (κ3) is 5.35. The Morgan fingerprint density at radius 2 is 1.67 bits per heavy atom. The minimum Gasteiger partial charge on any atom is -0.494 e. The fraction of sp³-hybridized carbons (Fsp3) is 0.562. The van der Waals surface area contributed by atoms with Crippen LogP contribution in [0.3, 0.4) is 0 Å². The summed E-state index contributed by atoms with van der Waals surface area (Å²) in [6.45, 7) is 5.04. The van der Waals surface area contributed by atoms with Crippen molar-refractivity contribution in [3.8, 4) is 5.75 Å². The second-order valence-electron chi connectivity index (χ2n) is 4.61. The largest absolute Gasteiger partial charge is 0.494 e. The molecular formula is C16H24O2. The molecule has 2 nitrogen and oxygen atoms in total. The van der Waals surface area contributed by atoms with E-state index in [4.69, 9.17) is 4.74 Å². The number of ether oxygens (including phenoxy) is 1. The molecule has 0 atom stereocenters. The molecule has 1 rings (SSSR count). The van der Waals surface area contributed by atoms with E-state index in [0.717, 1.165) is 37.2 Å². The van der Waals surface area contributed by atoms with E-state index in [1.54, 1.807) is 0 Å². The van der Waals surface area contributed by atoms with Crippen LogP contribution >= 0.6 is 0 Å². The molecule has 0 heterocycles. The summed E-state index contributed by atoms with van der Waals surface area (Å²) in [4.78, 5) is 11.8. The number of carbonyl (C=O) groups is 1. The maximum Gasteiger partial charge on any atom is 0.162 e. The Balaban J connectivity index is 2.39. The molecule has 18 heavy (non-hydrogen) atoms. The minimum absolute atomic E-state index is 0.231. The molecule has 0 aromatic heterocycles. The monoisotopic (exact) mass is 248 g/mol. The third-order valence-corrected chi connectivity index (χ3v) is 2.95. The van der Waals surface area contributed by atoms with Gasteiger partial charge in [0.1, 0.15) is 5.75 Å². The van der Waals surface area contributed by atoms with Gasteiger partial charge in [0.2, 0.25) is 0 Å². The van der Waals surface area contributed by atoms with Crippen LogP contribution in [0, 0.1) is 0 Å². The number of hydrogen-bond acceptors (Lipinski definition) is 2. The molecule has 0 radical (unpaired) electrons. The predicted molar refractivity (Wildman–Crippen MR) is 75.3 cm³/mol. The van der Waals surface area contributed by atoms with Gasteiger partial charge in [0.05, 0.1) is 6.61 Å². The van der Waals surface area contributed by atoms with Crippen LogP contribution in [0.4, 0.5) is 0 Å². The van der Waals surface area contributed by atoms with Crippen molar-refractivity contribution in [1.82, 2.24) is 0 Å². The topological polar surface area (TPSA) is 26.3 Å². The maximum absolute atomic E-state index is 11.8. The highest BCUT2D eigenvalue weighted by atomic mass is 16.5. The Labute approximate surface area is 110 Å². The van der Waals surface area contributed by atoms with Gasteiger partial charge in [-0.2, -0.15) is 0 Å². The average molecular weight is 248 g/mol. The van der Waals surface area contributed by atoms with E-state index in [-0.39, 0.29) is 5.78 Å². The lowest BCUT2D eigenvalue weighted by atomic mass is 10.1. The second kappa shape index (κ2) is 8.73. The molecule has 0 aliphatic carbocycles. The summed E-state index contributed by atoms with van der Waals surface area (Å²) >= 11 is 0. The zero-order valence-electron chi connectivity index (χ0n) is 11.6. The highest BCUT2D eigenvalue weighted by Gasteiger charge is 2.04. The van der Waals surface area contributed by atoms with Crippen molar-refractivity contribution in [3.05, 3.63) is 29.8 Å². The summed E-state index contributed by atoms with van der Waals surface area (Å²) in [6.07, 6.45) is 6.17. The number of benzene rings is 1. The average Bonchev–Trinajstić information content (AvgIpc) is 2.41. The highest BCUT2D eigenvalue weighted by molar-refractivity contribution is 5.96. The molecule has 0 fully saturated rings. The second-order valence-corrected chi connectivity index (χ2v) is 4.61. The zero-order valence-corrected chi connectivity index (χ0v) is 11.6. The van der Waals surface area contributed by atoms with E-state index < -0.39 is 0 Å². The van der Waals surface area contributed by atoms with Crippen LogP contribution in [-0.4, -0.2) is 12.4 Å².